The number of hydrogen-bond donors (Lipinski definition) is 1. The van der Waals surface area contributed by atoms with Crippen LogP contribution in [0.15, 0.2) is 0 Å². The molecule has 0 aliphatic carbocycles. The highest BCUT2D eigenvalue weighted by molar-refractivity contribution is 4.69. The topological polar surface area (TPSA) is 27.7 Å². The van der Waals surface area contributed by atoms with Gasteiger partial charge in [0.25, 0.3) is 0 Å². The minimum Gasteiger partial charge on any atom is -0.377 e. The maximum absolute atomic E-state index is 6.01. The number of piperidine rings is 1. The van der Waals surface area contributed by atoms with Gasteiger partial charge in [-0.25, -0.2) is 0 Å². The third-order valence-corrected chi connectivity index (χ3v) is 3.53. The van der Waals surface area contributed by atoms with E-state index in [2.05, 4.69) is 43.1 Å². The van der Waals surface area contributed by atoms with Gasteiger partial charge in [0, 0.05) is 26.2 Å². The van der Waals surface area contributed by atoms with Crippen molar-refractivity contribution in [3.63, 3.8) is 0 Å². The van der Waals surface area contributed by atoms with Gasteiger partial charge in [0.15, 0.2) is 0 Å². The van der Waals surface area contributed by atoms with Gasteiger partial charge < -0.3 is 15.0 Å². The van der Waals surface area contributed by atoms with Gasteiger partial charge in [0.2, 0.25) is 0 Å². The Balaban J connectivity index is 2.18. The molecule has 1 rings (SSSR count). The first-order chi connectivity index (χ1) is 9.08. The van der Waals surface area contributed by atoms with Crippen LogP contribution in [-0.4, -0.2) is 75.9 Å². The maximum Gasteiger partial charge on any atom is 0.0600 e. The molecular formula is C15H33N3O. The fourth-order valence-electron chi connectivity index (χ4n) is 2.46. The number of likely N-dealkylation sites (N-methyl/N-ethyl adjacent to an activating group) is 1. The molecule has 1 aliphatic heterocycles. The average molecular weight is 271 g/mol. The summed E-state index contributed by atoms with van der Waals surface area (Å²) in [5.41, 5.74) is 0. The van der Waals surface area contributed by atoms with Crippen LogP contribution < -0.4 is 5.32 Å². The van der Waals surface area contributed by atoms with E-state index in [1.54, 1.807) is 0 Å². The van der Waals surface area contributed by atoms with Crippen LogP contribution in [0.1, 0.15) is 26.7 Å². The summed E-state index contributed by atoms with van der Waals surface area (Å²) in [4.78, 5) is 4.78. The van der Waals surface area contributed by atoms with Gasteiger partial charge in [-0.2, -0.15) is 0 Å². The van der Waals surface area contributed by atoms with Crippen LogP contribution in [0.3, 0.4) is 0 Å². The van der Waals surface area contributed by atoms with Crippen molar-refractivity contribution >= 4 is 0 Å². The number of nitrogens with zero attached hydrogens (tertiary/aromatic N) is 2. The molecule has 0 radical (unpaired) electrons. The Labute approximate surface area is 119 Å². The summed E-state index contributed by atoms with van der Waals surface area (Å²) in [5, 5.41) is 3.38. The zero-order valence-corrected chi connectivity index (χ0v) is 13.3. The second-order valence-electron chi connectivity index (χ2n) is 6.32. The Kier molecular flexibility index (Phi) is 8.62. The molecule has 1 aliphatic rings. The van der Waals surface area contributed by atoms with Crippen molar-refractivity contribution in [3.05, 3.63) is 0 Å². The van der Waals surface area contributed by atoms with Crippen molar-refractivity contribution in [3.8, 4) is 0 Å². The summed E-state index contributed by atoms with van der Waals surface area (Å²) in [5.74, 6) is 0.723. The van der Waals surface area contributed by atoms with E-state index in [0.29, 0.717) is 6.10 Å². The fraction of sp³-hybridized carbons (Fsp3) is 1.00. The van der Waals surface area contributed by atoms with Gasteiger partial charge >= 0.3 is 0 Å². The van der Waals surface area contributed by atoms with Gasteiger partial charge in [0.05, 0.1) is 12.7 Å². The van der Waals surface area contributed by atoms with E-state index in [9.17, 15) is 0 Å². The van der Waals surface area contributed by atoms with E-state index < -0.39 is 0 Å². The highest BCUT2D eigenvalue weighted by atomic mass is 16.5. The molecule has 0 aromatic carbocycles. The smallest absolute Gasteiger partial charge is 0.0600 e. The van der Waals surface area contributed by atoms with Crippen LogP contribution in [0.5, 0.6) is 0 Å². The van der Waals surface area contributed by atoms with Crippen LogP contribution >= 0.6 is 0 Å². The predicted molar refractivity (Wildman–Crippen MR) is 81.7 cm³/mol. The first-order valence-electron chi connectivity index (χ1n) is 7.77. The highest BCUT2D eigenvalue weighted by Gasteiger charge is 2.14. The van der Waals surface area contributed by atoms with Crippen LogP contribution in [-0.2, 0) is 4.74 Å². The molecule has 114 valence electrons. The Morgan fingerprint density at radius 1 is 1.11 bits per heavy atom. The molecular weight excluding hydrogens is 238 g/mol. The second kappa shape index (κ2) is 9.70. The standard InChI is InChI=1S/C15H33N3O/c1-14(2)13-18(10-9-17(3)4)11-12-19-15-5-7-16-8-6-15/h14-16H,5-13H2,1-4H3. The maximum atomic E-state index is 6.01. The monoisotopic (exact) mass is 271 g/mol. The third-order valence-electron chi connectivity index (χ3n) is 3.53. The lowest BCUT2D eigenvalue weighted by molar-refractivity contribution is 0.0181. The van der Waals surface area contributed by atoms with Crippen molar-refractivity contribution in [2.24, 2.45) is 5.92 Å². The molecule has 19 heavy (non-hydrogen) atoms. The largest absolute Gasteiger partial charge is 0.377 e. The van der Waals surface area contributed by atoms with E-state index in [4.69, 9.17) is 4.74 Å². The minimum atomic E-state index is 0.482. The molecule has 0 unspecified atom stereocenters. The van der Waals surface area contributed by atoms with Crippen molar-refractivity contribution < 1.29 is 4.74 Å². The van der Waals surface area contributed by atoms with Gasteiger partial charge in [-0.05, 0) is 45.9 Å². The summed E-state index contributed by atoms with van der Waals surface area (Å²) in [7, 11) is 4.28. The fourth-order valence-corrected chi connectivity index (χ4v) is 2.46. The van der Waals surface area contributed by atoms with Crippen molar-refractivity contribution in [2.45, 2.75) is 32.8 Å². The molecule has 0 spiro atoms. The lowest BCUT2D eigenvalue weighted by Crippen LogP contribution is -2.38. The van der Waals surface area contributed by atoms with E-state index in [0.717, 1.165) is 45.2 Å². The molecule has 1 N–H and O–H groups in total. The van der Waals surface area contributed by atoms with Crippen molar-refractivity contribution in [1.82, 2.24) is 15.1 Å². The molecule has 1 fully saturated rings. The Hall–Kier alpha value is -0.160. The molecule has 1 heterocycles. The van der Waals surface area contributed by atoms with E-state index in [1.807, 2.05) is 0 Å². The third kappa shape index (κ3) is 8.58. The number of rotatable bonds is 9. The summed E-state index contributed by atoms with van der Waals surface area (Å²) in [6, 6.07) is 0. The molecule has 0 atom stereocenters. The zero-order valence-electron chi connectivity index (χ0n) is 13.3. The van der Waals surface area contributed by atoms with Crippen molar-refractivity contribution in [1.29, 1.82) is 0 Å². The number of hydrogen-bond acceptors (Lipinski definition) is 4. The Morgan fingerprint density at radius 2 is 1.79 bits per heavy atom. The molecule has 0 amide bonds. The predicted octanol–water partition coefficient (Wildman–Crippen LogP) is 1.27. The van der Waals surface area contributed by atoms with Crippen LogP contribution in [0, 0.1) is 5.92 Å². The van der Waals surface area contributed by atoms with Gasteiger partial charge in [-0.15, -0.1) is 0 Å². The Bertz CT molecular complexity index is 215. The quantitative estimate of drug-likeness (QED) is 0.683. The van der Waals surface area contributed by atoms with Crippen molar-refractivity contribution in [2.75, 3.05) is 60.0 Å². The van der Waals surface area contributed by atoms with Gasteiger partial charge in [-0.1, -0.05) is 13.8 Å². The Morgan fingerprint density at radius 3 is 2.37 bits per heavy atom. The zero-order chi connectivity index (χ0) is 14.1. The highest BCUT2D eigenvalue weighted by Crippen LogP contribution is 2.07. The number of nitrogens with one attached hydrogen (secondary N) is 1. The van der Waals surface area contributed by atoms with Crippen LogP contribution in [0.2, 0.25) is 0 Å². The second-order valence-corrected chi connectivity index (χ2v) is 6.32. The van der Waals surface area contributed by atoms with Gasteiger partial charge in [-0.3, -0.25) is 4.90 Å². The lowest BCUT2D eigenvalue weighted by atomic mass is 10.1. The summed E-state index contributed by atoms with van der Waals surface area (Å²) in [6.07, 6.45) is 2.82. The minimum absolute atomic E-state index is 0.482. The molecule has 1 saturated heterocycles. The molecule has 0 saturated carbocycles. The van der Waals surface area contributed by atoms with Crippen LogP contribution in [0.25, 0.3) is 0 Å². The van der Waals surface area contributed by atoms with E-state index in [1.165, 1.54) is 19.4 Å². The molecule has 0 aromatic rings. The molecule has 4 heteroatoms. The number of ether oxygens (including phenoxy) is 1. The summed E-state index contributed by atoms with van der Waals surface area (Å²) in [6.45, 7) is 12.2. The molecule has 0 aromatic heterocycles. The van der Waals surface area contributed by atoms with Crippen LogP contribution in [0.4, 0.5) is 0 Å². The van der Waals surface area contributed by atoms with Gasteiger partial charge in [0.1, 0.15) is 0 Å². The summed E-state index contributed by atoms with van der Waals surface area (Å²) >= 11 is 0. The first kappa shape index (κ1) is 16.9. The molecule has 4 nitrogen and oxygen atoms in total. The first-order valence-corrected chi connectivity index (χ1v) is 7.77. The van der Waals surface area contributed by atoms with E-state index >= 15 is 0 Å². The SMILES string of the molecule is CC(C)CN(CCOC1CCNCC1)CCN(C)C. The average Bonchev–Trinajstić information content (AvgIpc) is 2.36. The van der Waals surface area contributed by atoms with E-state index in [-0.39, 0.29) is 0 Å². The molecule has 0 bridgehead atoms. The lowest BCUT2D eigenvalue weighted by Gasteiger charge is -2.28. The normalized spacial score (nSPS) is 17.8. The summed E-state index contributed by atoms with van der Waals surface area (Å²) < 4.78 is 6.01.